The summed E-state index contributed by atoms with van der Waals surface area (Å²) < 4.78 is 5.02. The molecule has 0 saturated heterocycles. The summed E-state index contributed by atoms with van der Waals surface area (Å²) in [6.07, 6.45) is 1.55. The molecule has 0 aliphatic rings. The average molecular weight is 264 g/mol. The van der Waals surface area contributed by atoms with Gasteiger partial charge in [0, 0.05) is 6.42 Å². The van der Waals surface area contributed by atoms with Crippen LogP contribution in [0.4, 0.5) is 5.69 Å². The highest BCUT2D eigenvalue weighted by atomic mass is 16.5. The van der Waals surface area contributed by atoms with E-state index in [1.165, 1.54) is 6.42 Å². The summed E-state index contributed by atoms with van der Waals surface area (Å²) in [5.41, 5.74) is 11.0. The molecule has 1 atom stereocenters. The quantitative estimate of drug-likeness (QED) is 0.636. The molecule has 0 heterocycles. The van der Waals surface area contributed by atoms with Crippen molar-refractivity contribution in [3.8, 4) is 5.75 Å². The highest BCUT2D eigenvalue weighted by Crippen LogP contribution is 2.14. The molecule has 103 valence electrons. The summed E-state index contributed by atoms with van der Waals surface area (Å²) in [5.74, 6) is -0.210. The van der Waals surface area contributed by atoms with Crippen molar-refractivity contribution in [3.63, 3.8) is 0 Å². The number of ether oxygens (including phenoxy) is 1. The molecule has 0 spiro atoms. The third-order valence-corrected chi connectivity index (χ3v) is 2.38. The van der Waals surface area contributed by atoms with Gasteiger partial charge in [0.15, 0.2) is 0 Å². The lowest BCUT2D eigenvalue weighted by Gasteiger charge is -2.11. The Kier molecular flexibility index (Phi) is 5.66. The van der Waals surface area contributed by atoms with Gasteiger partial charge in [-0.1, -0.05) is 6.92 Å². The van der Waals surface area contributed by atoms with E-state index in [9.17, 15) is 9.59 Å². The molecule has 0 fully saturated rings. The van der Waals surface area contributed by atoms with Crippen molar-refractivity contribution in [3.05, 3.63) is 30.7 Å². The maximum Gasteiger partial charge on any atom is 0.242 e. The zero-order valence-electron chi connectivity index (χ0n) is 11.0. The third kappa shape index (κ3) is 5.76. The van der Waals surface area contributed by atoms with Crippen LogP contribution in [0.1, 0.15) is 13.3 Å². The van der Waals surface area contributed by atoms with Crippen LogP contribution in [0.25, 0.3) is 0 Å². The van der Waals surface area contributed by atoms with Gasteiger partial charge in [0.25, 0.3) is 0 Å². The molecule has 0 aromatic heterocycles. The second kappa shape index (κ2) is 7.25. The van der Waals surface area contributed by atoms with Crippen molar-refractivity contribution in [2.75, 3.05) is 12.5 Å². The Labute approximate surface area is 112 Å². The van der Waals surface area contributed by atoms with E-state index in [1.54, 1.807) is 38.3 Å². The first kappa shape index (κ1) is 14.8. The van der Waals surface area contributed by atoms with Gasteiger partial charge in [-0.2, -0.15) is 0 Å². The number of nitrogens with two attached hydrogens (primary N) is 1. The molecule has 6 nitrogen and oxygen atoms in total. The van der Waals surface area contributed by atoms with Crippen LogP contribution < -0.4 is 21.3 Å². The first-order valence-electron chi connectivity index (χ1n) is 5.84. The van der Waals surface area contributed by atoms with Crippen molar-refractivity contribution in [2.24, 2.45) is 11.7 Å². The molecular weight excluding hydrogens is 246 g/mol. The lowest BCUT2D eigenvalue weighted by Crippen LogP contribution is -2.31. The molecule has 4 N–H and O–H groups in total. The van der Waals surface area contributed by atoms with Gasteiger partial charge >= 0.3 is 0 Å². The SMILES string of the molecule is COc1ccc(NNC(=O)[CH][C@H](C)CC(N)=O)cc1. The highest BCUT2D eigenvalue weighted by Gasteiger charge is 2.11. The molecule has 1 aromatic rings. The number of carbonyl (C=O) groups excluding carboxylic acids is 2. The molecule has 0 saturated carbocycles. The molecule has 1 aromatic carbocycles. The number of hydrogen-bond donors (Lipinski definition) is 3. The van der Waals surface area contributed by atoms with E-state index >= 15 is 0 Å². The van der Waals surface area contributed by atoms with Gasteiger partial charge in [-0.25, -0.2) is 0 Å². The van der Waals surface area contributed by atoms with Crippen molar-refractivity contribution < 1.29 is 14.3 Å². The first-order valence-corrected chi connectivity index (χ1v) is 5.84. The number of amides is 2. The van der Waals surface area contributed by atoms with Crippen LogP contribution in [0.5, 0.6) is 5.75 Å². The van der Waals surface area contributed by atoms with Gasteiger partial charge in [0.1, 0.15) is 5.75 Å². The van der Waals surface area contributed by atoms with E-state index in [-0.39, 0.29) is 18.2 Å². The normalized spacial score (nSPS) is 11.5. The summed E-state index contributed by atoms with van der Waals surface area (Å²) >= 11 is 0. The van der Waals surface area contributed by atoms with E-state index < -0.39 is 5.91 Å². The maximum atomic E-state index is 11.5. The molecule has 0 aliphatic carbocycles. The summed E-state index contributed by atoms with van der Waals surface area (Å²) in [6.45, 7) is 1.75. The van der Waals surface area contributed by atoms with E-state index in [0.29, 0.717) is 0 Å². The Morgan fingerprint density at radius 2 is 2.00 bits per heavy atom. The monoisotopic (exact) mass is 264 g/mol. The Morgan fingerprint density at radius 3 is 2.53 bits per heavy atom. The Bertz CT molecular complexity index is 431. The Hall–Kier alpha value is -2.24. The van der Waals surface area contributed by atoms with Crippen LogP contribution in [0.15, 0.2) is 24.3 Å². The second-order valence-electron chi connectivity index (χ2n) is 4.16. The fraction of sp³-hybridized carbons (Fsp3) is 0.308. The predicted octanol–water partition coefficient (Wildman–Crippen LogP) is 0.854. The minimum absolute atomic E-state index is 0.149. The Morgan fingerprint density at radius 1 is 1.37 bits per heavy atom. The number of hydrazine groups is 1. The van der Waals surface area contributed by atoms with E-state index in [4.69, 9.17) is 10.5 Å². The highest BCUT2D eigenvalue weighted by molar-refractivity contribution is 5.87. The minimum Gasteiger partial charge on any atom is -0.497 e. The van der Waals surface area contributed by atoms with E-state index in [0.717, 1.165) is 11.4 Å². The van der Waals surface area contributed by atoms with E-state index in [2.05, 4.69) is 10.9 Å². The summed E-state index contributed by atoms with van der Waals surface area (Å²) in [4.78, 5) is 22.2. The number of benzene rings is 1. The molecule has 19 heavy (non-hydrogen) atoms. The largest absolute Gasteiger partial charge is 0.497 e. The summed E-state index contributed by atoms with van der Waals surface area (Å²) in [7, 11) is 1.58. The zero-order valence-corrected chi connectivity index (χ0v) is 11.0. The van der Waals surface area contributed by atoms with Gasteiger partial charge in [-0.15, -0.1) is 0 Å². The summed E-state index contributed by atoms with van der Waals surface area (Å²) in [5, 5.41) is 0. The smallest absolute Gasteiger partial charge is 0.242 e. The van der Waals surface area contributed by atoms with Gasteiger partial charge in [0.05, 0.1) is 19.2 Å². The fourth-order valence-corrected chi connectivity index (χ4v) is 1.48. The standard InChI is InChI=1S/C13H18N3O3/c1-9(7-12(14)17)8-13(18)16-15-10-3-5-11(19-2)6-4-10/h3-6,8-9,15H,7H2,1-2H3,(H2,14,17)(H,16,18)/t9-/m1/s1. The number of nitrogens with one attached hydrogen (secondary N) is 2. The Balaban J connectivity index is 2.34. The van der Waals surface area contributed by atoms with Crippen molar-refractivity contribution in [1.82, 2.24) is 5.43 Å². The number of methoxy groups -OCH3 is 1. The number of carbonyl (C=O) groups is 2. The topological polar surface area (TPSA) is 93.4 Å². The number of rotatable bonds is 7. The molecule has 2 amide bonds. The first-order chi connectivity index (χ1) is 9.01. The van der Waals surface area contributed by atoms with Crippen molar-refractivity contribution >= 4 is 17.5 Å². The fourth-order valence-electron chi connectivity index (χ4n) is 1.48. The van der Waals surface area contributed by atoms with Crippen LogP contribution in [0.3, 0.4) is 0 Å². The number of anilines is 1. The van der Waals surface area contributed by atoms with Gasteiger partial charge in [-0.05, 0) is 30.2 Å². The molecule has 6 heteroatoms. The molecule has 1 rings (SSSR count). The lowest BCUT2D eigenvalue weighted by atomic mass is 10.0. The molecular formula is C13H18N3O3. The average Bonchev–Trinajstić information content (AvgIpc) is 2.36. The minimum atomic E-state index is -0.431. The number of primary amides is 1. The maximum absolute atomic E-state index is 11.5. The predicted molar refractivity (Wildman–Crippen MR) is 72.0 cm³/mol. The zero-order chi connectivity index (χ0) is 14.3. The molecule has 0 unspecified atom stereocenters. The summed E-state index contributed by atoms with van der Waals surface area (Å²) in [6, 6.07) is 7.08. The number of hydrogen-bond acceptors (Lipinski definition) is 4. The third-order valence-electron chi connectivity index (χ3n) is 2.38. The lowest BCUT2D eigenvalue weighted by molar-refractivity contribution is -0.119. The van der Waals surface area contributed by atoms with Gasteiger partial charge < -0.3 is 10.5 Å². The van der Waals surface area contributed by atoms with Crippen molar-refractivity contribution in [2.45, 2.75) is 13.3 Å². The van der Waals surface area contributed by atoms with Gasteiger partial charge in [0.2, 0.25) is 11.8 Å². The van der Waals surface area contributed by atoms with Gasteiger partial charge in [-0.3, -0.25) is 20.4 Å². The van der Waals surface area contributed by atoms with Crippen molar-refractivity contribution in [1.29, 1.82) is 0 Å². The second-order valence-corrected chi connectivity index (χ2v) is 4.16. The molecule has 0 bridgehead atoms. The molecule has 1 radical (unpaired) electrons. The van der Waals surface area contributed by atoms with Crippen LogP contribution in [-0.2, 0) is 9.59 Å². The van der Waals surface area contributed by atoms with Crippen LogP contribution in [0, 0.1) is 12.3 Å². The molecule has 0 aliphatic heterocycles. The van der Waals surface area contributed by atoms with Crippen LogP contribution in [-0.4, -0.2) is 18.9 Å². The van der Waals surface area contributed by atoms with E-state index in [1.807, 2.05) is 0 Å². The van der Waals surface area contributed by atoms with Crippen LogP contribution >= 0.6 is 0 Å². The van der Waals surface area contributed by atoms with Crippen LogP contribution in [0.2, 0.25) is 0 Å².